The van der Waals surface area contributed by atoms with E-state index < -0.39 is 9.84 Å². The second-order valence-electron chi connectivity index (χ2n) is 6.58. The van der Waals surface area contributed by atoms with Crippen molar-refractivity contribution >= 4 is 9.84 Å². The number of sulfone groups is 1. The van der Waals surface area contributed by atoms with Gasteiger partial charge in [0.15, 0.2) is 0 Å². The van der Waals surface area contributed by atoms with Crippen molar-refractivity contribution in [2.45, 2.75) is 33.2 Å². The number of likely N-dealkylation sites (tertiary alicyclic amines) is 1. The fraction of sp³-hybridized carbons (Fsp3) is 0.647. The van der Waals surface area contributed by atoms with Gasteiger partial charge in [-0.3, -0.25) is 4.90 Å². The zero-order valence-corrected chi connectivity index (χ0v) is 14.9. The van der Waals surface area contributed by atoms with E-state index in [2.05, 4.69) is 30.9 Å². The number of benzene rings is 1. The van der Waals surface area contributed by atoms with Crippen LogP contribution < -0.4 is 4.74 Å². The second kappa shape index (κ2) is 7.01. The van der Waals surface area contributed by atoms with Gasteiger partial charge in [-0.15, -0.1) is 0 Å². The Balaban J connectivity index is 2.06. The summed E-state index contributed by atoms with van der Waals surface area (Å²) in [7, 11) is -1.19. The lowest BCUT2D eigenvalue weighted by Crippen LogP contribution is -2.37. The number of hydrogen-bond donors (Lipinski definition) is 0. The maximum absolute atomic E-state index is 11.5. The molecule has 1 atom stereocenters. The third kappa shape index (κ3) is 4.71. The minimum atomic E-state index is -2.89. The molecule has 0 amide bonds. The molecular formula is C17H27NO3S. The molecule has 0 saturated carbocycles. The van der Waals surface area contributed by atoms with Crippen molar-refractivity contribution in [3.63, 3.8) is 0 Å². The summed E-state index contributed by atoms with van der Waals surface area (Å²) in [6, 6.07) is 4.27. The molecule has 124 valence electrons. The molecule has 2 rings (SSSR count). The lowest BCUT2D eigenvalue weighted by Gasteiger charge is -2.32. The third-order valence-electron chi connectivity index (χ3n) is 4.39. The molecule has 1 aromatic carbocycles. The molecule has 1 fully saturated rings. The van der Waals surface area contributed by atoms with Crippen LogP contribution in [-0.4, -0.2) is 45.5 Å². The summed E-state index contributed by atoms with van der Waals surface area (Å²) >= 11 is 0. The van der Waals surface area contributed by atoms with Crippen LogP contribution in [0, 0.1) is 19.8 Å². The van der Waals surface area contributed by atoms with Gasteiger partial charge in [-0.2, -0.15) is 0 Å². The van der Waals surface area contributed by atoms with Gasteiger partial charge in [-0.25, -0.2) is 8.42 Å². The Bertz CT molecular complexity index is 625. The number of aryl methyl sites for hydroxylation is 2. The normalized spacial score (nSPS) is 20.1. The standard InChI is InChI=1S/C17H27NO3S/c1-13-9-17(21-3)14(2)8-16(13)11-18-7-5-6-15(10-18)12-22(4,19)20/h8-9,15H,5-7,10-12H2,1-4H3/t15-/m0/s1. The van der Waals surface area contributed by atoms with E-state index in [1.165, 1.54) is 17.4 Å². The number of ether oxygens (including phenoxy) is 1. The lowest BCUT2D eigenvalue weighted by molar-refractivity contribution is 0.177. The van der Waals surface area contributed by atoms with Crippen molar-refractivity contribution in [1.29, 1.82) is 0 Å². The largest absolute Gasteiger partial charge is 0.496 e. The summed E-state index contributed by atoms with van der Waals surface area (Å²) in [5, 5.41) is 0. The van der Waals surface area contributed by atoms with Crippen LogP contribution in [0.2, 0.25) is 0 Å². The fourth-order valence-corrected chi connectivity index (χ4v) is 4.47. The van der Waals surface area contributed by atoms with Crippen LogP contribution in [0.25, 0.3) is 0 Å². The molecule has 1 heterocycles. The molecule has 4 nitrogen and oxygen atoms in total. The van der Waals surface area contributed by atoms with Crippen molar-refractivity contribution in [3.8, 4) is 5.75 Å². The minimum Gasteiger partial charge on any atom is -0.496 e. The Hall–Kier alpha value is -1.07. The van der Waals surface area contributed by atoms with Gasteiger partial charge in [-0.1, -0.05) is 6.07 Å². The van der Waals surface area contributed by atoms with E-state index in [0.29, 0.717) is 5.75 Å². The van der Waals surface area contributed by atoms with Crippen LogP contribution in [0.3, 0.4) is 0 Å². The van der Waals surface area contributed by atoms with Crippen molar-refractivity contribution < 1.29 is 13.2 Å². The first-order valence-electron chi connectivity index (χ1n) is 7.82. The van der Waals surface area contributed by atoms with Crippen LogP contribution in [-0.2, 0) is 16.4 Å². The van der Waals surface area contributed by atoms with Gasteiger partial charge in [0.1, 0.15) is 15.6 Å². The zero-order valence-electron chi connectivity index (χ0n) is 14.1. The molecule has 0 aromatic heterocycles. The van der Waals surface area contributed by atoms with Crippen LogP contribution in [0.1, 0.15) is 29.5 Å². The molecule has 1 aromatic rings. The first kappa shape index (κ1) is 17.3. The van der Waals surface area contributed by atoms with Gasteiger partial charge in [-0.05, 0) is 61.9 Å². The van der Waals surface area contributed by atoms with Crippen LogP contribution >= 0.6 is 0 Å². The number of nitrogens with zero attached hydrogens (tertiary/aromatic N) is 1. The number of hydrogen-bond acceptors (Lipinski definition) is 4. The lowest BCUT2D eigenvalue weighted by atomic mass is 9.98. The monoisotopic (exact) mass is 325 g/mol. The average Bonchev–Trinajstić information content (AvgIpc) is 2.41. The van der Waals surface area contributed by atoms with Crippen LogP contribution in [0.4, 0.5) is 0 Å². The maximum atomic E-state index is 11.5. The van der Waals surface area contributed by atoms with Crippen molar-refractivity contribution in [1.82, 2.24) is 4.90 Å². The predicted molar refractivity (Wildman–Crippen MR) is 90.2 cm³/mol. The highest BCUT2D eigenvalue weighted by molar-refractivity contribution is 7.90. The highest BCUT2D eigenvalue weighted by Crippen LogP contribution is 2.25. The van der Waals surface area contributed by atoms with E-state index in [1.807, 2.05) is 0 Å². The summed E-state index contributed by atoms with van der Waals surface area (Å²) in [4.78, 5) is 2.38. The van der Waals surface area contributed by atoms with Crippen LogP contribution in [0.5, 0.6) is 5.75 Å². The molecule has 0 radical (unpaired) electrons. The molecule has 22 heavy (non-hydrogen) atoms. The first-order valence-corrected chi connectivity index (χ1v) is 9.88. The van der Waals surface area contributed by atoms with Crippen molar-refractivity contribution in [2.75, 3.05) is 32.2 Å². The SMILES string of the molecule is COc1cc(C)c(CN2CCC[C@H](CS(C)(=O)=O)C2)cc1C. The molecule has 1 aliphatic heterocycles. The number of rotatable bonds is 5. The van der Waals surface area contributed by atoms with Gasteiger partial charge < -0.3 is 4.74 Å². The summed E-state index contributed by atoms with van der Waals surface area (Å²) < 4.78 is 28.4. The molecule has 5 heteroatoms. The van der Waals surface area contributed by atoms with Crippen molar-refractivity contribution in [3.05, 3.63) is 28.8 Å². The first-order chi connectivity index (χ1) is 10.3. The quantitative estimate of drug-likeness (QED) is 0.835. The fourth-order valence-electron chi connectivity index (χ4n) is 3.34. The Kier molecular flexibility index (Phi) is 5.50. The summed E-state index contributed by atoms with van der Waals surface area (Å²) in [5.41, 5.74) is 3.68. The minimum absolute atomic E-state index is 0.267. The zero-order chi connectivity index (χ0) is 16.3. The molecule has 0 aliphatic carbocycles. The van der Waals surface area contributed by atoms with Gasteiger partial charge in [0, 0.05) is 19.3 Å². The summed E-state index contributed by atoms with van der Waals surface area (Å²) in [6.07, 6.45) is 3.43. The third-order valence-corrected chi connectivity index (χ3v) is 5.47. The Morgan fingerprint density at radius 2 is 2.00 bits per heavy atom. The Morgan fingerprint density at radius 1 is 1.27 bits per heavy atom. The Morgan fingerprint density at radius 3 is 2.64 bits per heavy atom. The van der Waals surface area contributed by atoms with E-state index in [-0.39, 0.29) is 5.92 Å². The molecule has 1 aliphatic rings. The van der Waals surface area contributed by atoms with E-state index >= 15 is 0 Å². The number of piperidine rings is 1. The predicted octanol–water partition coefficient (Wildman–Crippen LogP) is 2.57. The van der Waals surface area contributed by atoms with E-state index in [4.69, 9.17) is 4.74 Å². The smallest absolute Gasteiger partial charge is 0.147 e. The second-order valence-corrected chi connectivity index (χ2v) is 8.77. The number of methoxy groups -OCH3 is 1. The van der Waals surface area contributed by atoms with Crippen LogP contribution in [0.15, 0.2) is 12.1 Å². The van der Waals surface area contributed by atoms with Gasteiger partial charge >= 0.3 is 0 Å². The van der Waals surface area contributed by atoms with E-state index in [0.717, 1.165) is 43.8 Å². The molecule has 1 saturated heterocycles. The summed E-state index contributed by atoms with van der Waals surface area (Å²) in [6.45, 7) is 6.97. The molecular weight excluding hydrogens is 298 g/mol. The van der Waals surface area contributed by atoms with E-state index in [9.17, 15) is 8.42 Å². The van der Waals surface area contributed by atoms with Crippen molar-refractivity contribution in [2.24, 2.45) is 5.92 Å². The maximum Gasteiger partial charge on any atom is 0.147 e. The topological polar surface area (TPSA) is 46.6 Å². The Labute approximate surface area is 134 Å². The average molecular weight is 325 g/mol. The summed E-state index contributed by atoms with van der Waals surface area (Å²) in [5.74, 6) is 1.50. The van der Waals surface area contributed by atoms with E-state index in [1.54, 1.807) is 7.11 Å². The van der Waals surface area contributed by atoms with Gasteiger partial charge in [0.2, 0.25) is 0 Å². The highest BCUT2D eigenvalue weighted by Gasteiger charge is 2.23. The molecule has 0 spiro atoms. The molecule has 0 unspecified atom stereocenters. The van der Waals surface area contributed by atoms with Gasteiger partial charge in [0.05, 0.1) is 12.9 Å². The molecule has 0 bridgehead atoms. The van der Waals surface area contributed by atoms with Gasteiger partial charge in [0.25, 0.3) is 0 Å². The molecule has 0 N–H and O–H groups in total. The highest BCUT2D eigenvalue weighted by atomic mass is 32.2.